The molecule has 2 rings (SSSR count). The molecule has 1 fully saturated rings. The summed E-state index contributed by atoms with van der Waals surface area (Å²) in [6, 6.07) is 6.57. The third-order valence-electron chi connectivity index (χ3n) is 2.82. The number of rotatable bonds is 2. The second-order valence-corrected chi connectivity index (χ2v) is 3.72. The van der Waals surface area contributed by atoms with Crippen molar-refractivity contribution in [3.8, 4) is 0 Å². The zero-order valence-corrected chi connectivity index (χ0v) is 8.61. The molecule has 0 saturated carbocycles. The smallest absolute Gasteiger partial charge is 0.0572 e. The fraction of sp³-hybridized carbons (Fsp3) is 0.545. The summed E-state index contributed by atoms with van der Waals surface area (Å²) in [5.41, 5.74) is 1.18. The maximum Gasteiger partial charge on any atom is 0.0572 e. The first-order valence-corrected chi connectivity index (χ1v) is 5.23. The lowest BCUT2D eigenvalue weighted by molar-refractivity contribution is 0.182. The van der Waals surface area contributed by atoms with Crippen molar-refractivity contribution in [1.82, 2.24) is 15.2 Å². The number of aromatic nitrogens is 1. The van der Waals surface area contributed by atoms with Crippen LogP contribution in [-0.4, -0.2) is 36.1 Å². The summed E-state index contributed by atoms with van der Waals surface area (Å²) in [6.45, 7) is 6.66. The maximum absolute atomic E-state index is 4.39. The first-order valence-electron chi connectivity index (χ1n) is 5.23. The van der Waals surface area contributed by atoms with Crippen molar-refractivity contribution >= 4 is 0 Å². The minimum atomic E-state index is 0.443. The molecule has 2 heterocycles. The Morgan fingerprint density at radius 1 is 1.36 bits per heavy atom. The van der Waals surface area contributed by atoms with E-state index in [1.165, 1.54) is 5.69 Å². The highest BCUT2D eigenvalue weighted by molar-refractivity contribution is 5.08. The van der Waals surface area contributed by atoms with Crippen LogP contribution in [-0.2, 0) is 0 Å². The van der Waals surface area contributed by atoms with Crippen molar-refractivity contribution in [2.24, 2.45) is 0 Å². The summed E-state index contributed by atoms with van der Waals surface area (Å²) < 4.78 is 0. The van der Waals surface area contributed by atoms with Gasteiger partial charge in [-0.3, -0.25) is 9.88 Å². The number of nitrogens with zero attached hydrogens (tertiary/aromatic N) is 2. The molecule has 0 spiro atoms. The number of piperazine rings is 1. The van der Waals surface area contributed by atoms with Crippen LogP contribution in [0.5, 0.6) is 0 Å². The highest BCUT2D eigenvalue weighted by Crippen LogP contribution is 2.17. The molecule has 1 atom stereocenters. The van der Waals surface area contributed by atoms with Gasteiger partial charge >= 0.3 is 0 Å². The third kappa shape index (κ3) is 2.11. The highest BCUT2D eigenvalue weighted by Gasteiger charge is 2.17. The van der Waals surface area contributed by atoms with Crippen LogP contribution in [0.4, 0.5) is 0 Å². The van der Waals surface area contributed by atoms with Gasteiger partial charge in [0.1, 0.15) is 0 Å². The minimum absolute atomic E-state index is 0.443. The van der Waals surface area contributed by atoms with Crippen molar-refractivity contribution in [3.05, 3.63) is 30.1 Å². The summed E-state index contributed by atoms with van der Waals surface area (Å²) in [7, 11) is 0. The van der Waals surface area contributed by atoms with Crippen molar-refractivity contribution in [3.63, 3.8) is 0 Å². The van der Waals surface area contributed by atoms with Crippen molar-refractivity contribution in [2.45, 2.75) is 13.0 Å². The monoisotopic (exact) mass is 191 g/mol. The van der Waals surface area contributed by atoms with Gasteiger partial charge in [-0.1, -0.05) is 6.07 Å². The Kier molecular flexibility index (Phi) is 3.11. The van der Waals surface area contributed by atoms with E-state index >= 15 is 0 Å². The molecular formula is C11H17N3. The minimum Gasteiger partial charge on any atom is -0.314 e. The highest BCUT2D eigenvalue weighted by atomic mass is 15.2. The summed E-state index contributed by atoms with van der Waals surface area (Å²) in [5.74, 6) is 0. The van der Waals surface area contributed by atoms with E-state index < -0.39 is 0 Å². The van der Waals surface area contributed by atoms with E-state index in [9.17, 15) is 0 Å². The SMILES string of the molecule is C[C@H](c1ccccn1)N1CCNCC1. The largest absolute Gasteiger partial charge is 0.314 e. The van der Waals surface area contributed by atoms with Crippen molar-refractivity contribution in [2.75, 3.05) is 26.2 Å². The van der Waals surface area contributed by atoms with Gasteiger partial charge < -0.3 is 5.32 Å². The van der Waals surface area contributed by atoms with Gasteiger partial charge in [0.15, 0.2) is 0 Å². The standard InChI is InChI=1S/C11H17N3/c1-10(11-4-2-3-5-13-11)14-8-6-12-7-9-14/h2-5,10,12H,6-9H2,1H3/t10-/m1/s1. The summed E-state index contributed by atoms with van der Waals surface area (Å²) in [6.07, 6.45) is 1.87. The lowest BCUT2D eigenvalue weighted by Gasteiger charge is -2.32. The number of nitrogens with one attached hydrogen (secondary N) is 1. The van der Waals surface area contributed by atoms with Crippen LogP contribution >= 0.6 is 0 Å². The number of pyridine rings is 1. The maximum atomic E-state index is 4.39. The second-order valence-electron chi connectivity index (χ2n) is 3.72. The first-order chi connectivity index (χ1) is 6.88. The van der Waals surface area contributed by atoms with Crippen LogP contribution in [0.3, 0.4) is 0 Å². The first kappa shape index (κ1) is 9.62. The van der Waals surface area contributed by atoms with E-state index in [1.807, 2.05) is 12.3 Å². The predicted molar refractivity (Wildman–Crippen MR) is 57.1 cm³/mol. The van der Waals surface area contributed by atoms with Gasteiger partial charge in [0.2, 0.25) is 0 Å². The Hall–Kier alpha value is -0.930. The van der Waals surface area contributed by atoms with Crippen LogP contribution < -0.4 is 5.32 Å². The van der Waals surface area contributed by atoms with E-state index in [0.29, 0.717) is 6.04 Å². The summed E-state index contributed by atoms with van der Waals surface area (Å²) in [4.78, 5) is 6.86. The normalized spacial score (nSPS) is 20.6. The van der Waals surface area contributed by atoms with E-state index in [1.54, 1.807) is 0 Å². The lowest BCUT2D eigenvalue weighted by Crippen LogP contribution is -2.44. The van der Waals surface area contributed by atoms with Gasteiger partial charge in [-0.25, -0.2) is 0 Å². The van der Waals surface area contributed by atoms with E-state index in [0.717, 1.165) is 26.2 Å². The molecule has 0 amide bonds. The zero-order chi connectivity index (χ0) is 9.80. The molecule has 1 aliphatic heterocycles. The fourth-order valence-electron chi connectivity index (χ4n) is 1.88. The number of hydrogen-bond donors (Lipinski definition) is 1. The molecule has 3 heteroatoms. The molecule has 1 aromatic rings. The van der Waals surface area contributed by atoms with Gasteiger partial charge in [0.05, 0.1) is 5.69 Å². The van der Waals surface area contributed by atoms with Gasteiger partial charge in [-0.15, -0.1) is 0 Å². The summed E-state index contributed by atoms with van der Waals surface area (Å²) in [5, 5.41) is 3.36. The lowest BCUT2D eigenvalue weighted by atomic mass is 10.1. The van der Waals surface area contributed by atoms with Crippen LogP contribution in [0.2, 0.25) is 0 Å². The molecule has 0 bridgehead atoms. The second kappa shape index (κ2) is 4.53. The van der Waals surface area contributed by atoms with Gasteiger partial charge in [-0.2, -0.15) is 0 Å². The molecule has 14 heavy (non-hydrogen) atoms. The van der Waals surface area contributed by atoms with Gasteiger partial charge in [-0.05, 0) is 19.1 Å². The van der Waals surface area contributed by atoms with Gasteiger partial charge in [0.25, 0.3) is 0 Å². The van der Waals surface area contributed by atoms with Crippen LogP contribution in [0.1, 0.15) is 18.7 Å². The zero-order valence-electron chi connectivity index (χ0n) is 8.61. The fourth-order valence-corrected chi connectivity index (χ4v) is 1.88. The van der Waals surface area contributed by atoms with E-state index in [-0.39, 0.29) is 0 Å². The predicted octanol–water partition coefficient (Wildman–Crippen LogP) is 1.05. The van der Waals surface area contributed by atoms with Crippen LogP contribution in [0.25, 0.3) is 0 Å². The molecule has 0 unspecified atom stereocenters. The third-order valence-corrected chi connectivity index (χ3v) is 2.82. The molecule has 76 valence electrons. The van der Waals surface area contributed by atoms with E-state index in [4.69, 9.17) is 0 Å². The van der Waals surface area contributed by atoms with Crippen molar-refractivity contribution in [1.29, 1.82) is 0 Å². The Bertz CT molecular complexity index is 267. The van der Waals surface area contributed by atoms with Crippen LogP contribution in [0, 0.1) is 0 Å². The average molecular weight is 191 g/mol. The molecule has 0 aromatic carbocycles. The average Bonchev–Trinajstić information content (AvgIpc) is 2.30. The number of hydrogen-bond acceptors (Lipinski definition) is 3. The van der Waals surface area contributed by atoms with Crippen LogP contribution in [0.15, 0.2) is 24.4 Å². The Morgan fingerprint density at radius 3 is 2.79 bits per heavy atom. The Morgan fingerprint density at radius 2 is 2.14 bits per heavy atom. The molecule has 1 saturated heterocycles. The Balaban J connectivity index is 2.03. The molecule has 0 radical (unpaired) electrons. The van der Waals surface area contributed by atoms with E-state index in [2.05, 4.69) is 34.3 Å². The van der Waals surface area contributed by atoms with Crippen molar-refractivity contribution < 1.29 is 0 Å². The topological polar surface area (TPSA) is 28.2 Å². The molecule has 0 aliphatic carbocycles. The molecule has 1 aliphatic rings. The molecule has 1 N–H and O–H groups in total. The quantitative estimate of drug-likeness (QED) is 0.757. The molecule has 1 aromatic heterocycles. The Labute approximate surface area is 85.1 Å². The molecule has 3 nitrogen and oxygen atoms in total. The van der Waals surface area contributed by atoms with Gasteiger partial charge in [0, 0.05) is 38.4 Å². The summed E-state index contributed by atoms with van der Waals surface area (Å²) >= 11 is 0. The molecular weight excluding hydrogens is 174 g/mol.